The first-order chi connectivity index (χ1) is 12.1. The van der Waals surface area contributed by atoms with Crippen molar-refractivity contribution in [2.24, 2.45) is 0 Å². The van der Waals surface area contributed by atoms with E-state index in [2.05, 4.69) is 26.8 Å². The summed E-state index contributed by atoms with van der Waals surface area (Å²) in [4.78, 5) is 25.5. The van der Waals surface area contributed by atoms with Gasteiger partial charge in [0, 0.05) is 31.7 Å². The fourth-order valence-electron chi connectivity index (χ4n) is 2.95. The number of carboxylic acid groups (broad SMARTS) is 1. The molecule has 0 amide bonds. The quantitative estimate of drug-likeness (QED) is 0.780. The zero-order valence-electron chi connectivity index (χ0n) is 13.8. The topological polar surface area (TPSA) is 69.6 Å². The van der Waals surface area contributed by atoms with Gasteiger partial charge < -0.3 is 14.9 Å². The molecule has 7 heteroatoms. The Morgan fingerprint density at radius 1 is 1.12 bits per heavy atom. The number of fused-ring (bicyclic) bond motifs is 1. The first-order valence-electron chi connectivity index (χ1n) is 8.15. The maximum absolute atomic E-state index is 11.8. The number of benzene rings is 1. The predicted molar refractivity (Wildman–Crippen MR) is 99.5 cm³/mol. The molecule has 0 radical (unpaired) electrons. The summed E-state index contributed by atoms with van der Waals surface area (Å²) in [7, 11) is 2.10. The summed E-state index contributed by atoms with van der Waals surface area (Å²) >= 11 is 1.42. The highest BCUT2D eigenvalue weighted by Crippen LogP contribution is 2.33. The zero-order chi connectivity index (χ0) is 17.4. The molecule has 3 aromatic rings. The number of rotatable bonds is 3. The van der Waals surface area contributed by atoms with Gasteiger partial charge in [-0.2, -0.15) is 4.98 Å². The van der Waals surface area contributed by atoms with Crippen LogP contribution in [0.25, 0.3) is 21.6 Å². The van der Waals surface area contributed by atoms with E-state index in [0.29, 0.717) is 16.0 Å². The van der Waals surface area contributed by atoms with Gasteiger partial charge in [-0.05, 0) is 13.1 Å². The van der Waals surface area contributed by atoms with E-state index in [0.717, 1.165) is 36.9 Å². The molecular formula is C18H18N4O2S. The van der Waals surface area contributed by atoms with Crippen LogP contribution in [0.2, 0.25) is 0 Å². The molecule has 6 nitrogen and oxygen atoms in total. The largest absolute Gasteiger partial charge is 0.478 e. The van der Waals surface area contributed by atoms with Gasteiger partial charge in [-0.25, -0.2) is 9.78 Å². The summed E-state index contributed by atoms with van der Waals surface area (Å²) < 4.78 is 0.640. The average molecular weight is 354 g/mol. The summed E-state index contributed by atoms with van der Waals surface area (Å²) in [5, 5.41) is 10.5. The molecule has 0 atom stereocenters. The lowest BCUT2D eigenvalue weighted by Crippen LogP contribution is -2.44. The van der Waals surface area contributed by atoms with Gasteiger partial charge in [-0.1, -0.05) is 41.7 Å². The third-order valence-electron chi connectivity index (χ3n) is 4.42. The van der Waals surface area contributed by atoms with Crippen LogP contribution in [0.3, 0.4) is 0 Å². The van der Waals surface area contributed by atoms with Crippen molar-refractivity contribution in [3.63, 3.8) is 0 Å². The molecule has 1 aliphatic heterocycles. The molecule has 2 aromatic heterocycles. The van der Waals surface area contributed by atoms with Gasteiger partial charge in [0.1, 0.15) is 0 Å². The molecule has 0 saturated carbocycles. The van der Waals surface area contributed by atoms with Crippen molar-refractivity contribution in [1.82, 2.24) is 14.9 Å². The molecule has 25 heavy (non-hydrogen) atoms. The highest BCUT2D eigenvalue weighted by Gasteiger charge is 2.21. The monoisotopic (exact) mass is 354 g/mol. The number of hydrogen-bond acceptors (Lipinski definition) is 6. The minimum absolute atomic E-state index is 0.265. The predicted octanol–water partition coefficient (Wildman–Crippen LogP) is 2.81. The number of hydrogen-bond donors (Lipinski definition) is 1. The van der Waals surface area contributed by atoms with E-state index < -0.39 is 5.97 Å². The van der Waals surface area contributed by atoms with Crippen LogP contribution >= 0.6 is 11.3 Å². The zero-order valence-corrected chi connectivity index (χ0v) is 14.7. The average Bonchev–Trinajstić information content (AvgIpc) is 3.06. The molecule has 4 rings (SSSR count). The van der Waals surface area contributed by atoms with Crippen molar-refractivity contribution in [3.05, 3.63) is 42.0 Å². The van der Waals surface area contributed by atoms with E-state index in [9.17, 15) is 9.90 Å². The molecule has 1 N–H and O–H groups in total. The Kier molecular flexibility index (Phi) is 4.10. The van der Waals surface area contributed by atoms with Crippen LogP contribution in [-0.4, -0.2) is 59.2 Å². The molecule has 0 unspecified atom stereocenters. The summed E-state index contributed by atoms with van der Waals surface area (Å²) in [5.41, 5.74) is 2.31. The molecule has 3 heterocycles. The first kappa shape index (κ1) is 16.0. The second-order valence-electron chi connectivity index (χ2n) is 6.17. The van der Waals surface area contributed by atoms with Crippen LogP contribution in [0.15, 0.2) is 36.4 Å². The molecule has 1 aromatic carbocycles. The van der Waals surface area contributed by atoms with E-state index in [-0.39, 0.29) is 5.56 Å². The molecule has 0 aliphatic carbocycles. The van der Waals surface area contributed by atoms with Gasteiger partial charge in [-0.15, -0.1) is 0 Å². The fraction of sp³-hybridized carbons (Fsp3) is 0.278. The van der Waals surface area contributed by atoms with E-state index >= 15 is 0 Å². The van der Waals surface area contributed by atoms with Crippen LogP contribution in [0.1, 0.15) is 10.4 Å². The molecule has 1 saturated heterocycles. The smallest absolute Gasteiger partial charge is 0.337 e. The van der Waals surface area contributed by atoms with Gasteiger partial charge in [0.05, 0.1) is 16.0 Å². The molecule has 0 bridgehead atoms. The Hall–Kier alpha value is -2.51. The number of piperazine rings is 1. The molecule has 1 aliphatic rings. The highest BCUT2D eigenvalue weighted by molar-refractivity contribution is 7.22. The van der Waals surface area contributed by atoms with Crippen molar-refractivity contribution in [2.45, 2.75) is 0 Å². The Balaban J connectivity index is 1.80. The lowest BCUT2D eigenvalue weighted by molar-refractivity contribution is 0.0699. The lowest BCUT2D eigenvalue weighted by atomic mass is 10.1. The SMILES string of the molecule is CN1CCN(c2nc3nc(-c4ccccc4)cc(C(=O)O)c3s2)CC1. The van der Waals surface area contributed by atoms with Gasteiger partial charge in [0.25, 0.3) is 0 Å². The van der Waals surface area contributed by atoms with Crippen LogP contribution in [0.4, 0.5) is 5.13 Å². The van der Waals surface area contributed by atoms with Crippen molar-refractivity contribution in [2.75, 3.05) is 38.1 Å². The second-order valence-corrected chi connectivity index (χ2v) is 7.14. The Morgan fingerprint density at radius 2 is 1.84 bits per heavy atom. The van der Waals surface area contributed by atoms with Gasteiger partial charge in [0.2, 0.25) is 0 Å². The molecular weight excluding hydrogens is 336 g/mol. The van der Waals surface area contributed by atoms with E-state index in [4.69, 9.17) is 0 Å². The van der Waals surface area contributed by atoms with Crippen molar-refractivity contribution < 1.29 is 9.90 Å². The Labute approximate surface area is 149 Å². The van der Waals surface area contributed by atoms with Crippen LogP contribution in [-0.2, 0) is 0 Å². The maximum Gasteiger partial charge on any atom is 0.337 e. The van der Waals surface area contributed by atoms with Crippen molar-refractivity contribution >= 4 is 32.8 Å². The summed E-state index contributed by atoms with van der Waals surface area (Å²) in [6, 6.07) is 11.2. The third kappa shape index (κ3) is 3.08. The highest BCUT2D eigenvalue weighted by atomic mass is 32.1. The molecule has 1 fully saturated rings. The van der Waals surface area contributed by atoms with E-state index in [1.54, 1.807) is 6.07 Å². The van der Waals surface area contributed by atoms with Crippen molar-refractivity contribution in [3.8, 4) is 11.3 Å². The summed E-state index contributed by atoms with van der Waals surface area (Å²) in [6.07, 6.45) is 0. The van der Waals surface area contributed by atoms with Crippen LogP contribution < -0.4 is 4.90 Å². The minimum atomic E-state index is -0.946. The van der Waals surface area contributed by atoms with Crippen LogP contribution in [0.5, 0.6) is 0 Å². The van der Waals surface area contributed by atoms with E-state index in [1.165, 1.54) is 11.3 Å². The fourth-order valence-corrected chi connectivity index (χ4v) is 4.01. The summed E-state index contributed by atoms with van der Waals surface area (Å²) in [5.74, 6) is -0.946. The summed E-state index contributed by atoms with van der Waals surface area (Å²) in [6.45, 7) is 3.74. The van der Waals surface area contributed by atoms with E-state index in [1.807, 2.05) is 30.3 Å². The lowest BCUT2D eigenvalue weighted by Gasteiger charge is -2.31. The van der Waals surface area contributed by atoms with Gasteiger partial charge in [-0.3, -0.25) is 0 Å². The molecule has 128 valence electrons. The maximum atomic E-state index is 11.8. The normalized spacial score (nSPS) is 15.6. The Bertz CT molecular complexity index is 917. The van der Waals surface area contributed by atoms with Crippen LogP contribution in [0, 0.1) is 0 Å². The number of thiazole rings is 1. The standard InChI is InChI=1S/C18H18N4O2S/c1-21-7-9-22(10-8-21)18-20-16-15(25-18)13(17(23)24)11-14(19-16)12-5-3-2-4-6-12/h2-6,11H,7-10H2,1H3,(H,23,24). The number of likely N-dealkylation sites (N-methyl/N-ethyl adjacent to an activating group) is 1. The number of anilines is 1. The number of aromatic carboxylic acids is 1. The second kappa shape index (κ2) is 6.42. The minimum Gasteiger partial charge on any atom is -0.478 e. The number of nitrogens with zero attached hydrogens (tertiary/aromatic N) is 4. The van der Waals surface area contributed by atoms with Gasteiger partial charge in [0.15, 0.2) is 10.8 Å². The number of aromatic nitrogens is 2. The number of carbonyl (C=O) groups is 1. The van der Waals surface area contributed by atoms with Crippen molar-refractivity contribution in [1.29, 1.82) is 0 Å². The number of carboxylic acids is 1. The number of pyridine rings is 1. The first-order valence-corrected chi connectivity index (χ1v) is 8.97. The Morgan fingerprint density at radius 3 is 2.52 bits per heavy atom. The third-order valence-corrected chi connectivity index (χ3v) is 5.56. The molecule has 0 spiro atoms. The van der Waals surface area contributed by atoms with Gasteiger partial charge >= 0.3 is 5.97 Å².